The summed E-state index contributed by atoms with van der Waals surface area (Å²) in [5.41, 5.74) is 1.36. The highest BCUT2D eigenvalue weighted by Gasteiger charge is 2.28. The van der Waals surface area contributed by atoms with E-state index < -0.39 is 15.3 Å². The monoisotopic (exact) mass is 246 g/mol. The highest BCUT2D eigenvalue weighted by Crippen LogP contribution is 2.22. The number of rotatable bonds is 0. The molecule has 0 amide bonds. The summed E-state index contributed by atoms with van der Waals surface area (Å²) in [7, 11) is -1.40. The molecule has 1 aliphatic heterocycles. The molecule has 0 N–H and O–H groups in total. The second-order valence-corrected chi connectivity index (χ2v) is 11.9. The lowest BCUT2D eigenvalue weighted by molar-refractivity contribution is 0.596. The summed E-state index contributed by atoms with van der Waals surface area (Å²) in [6.45, 7) is 0. The maximum atomic E-state index is 5.25. The zero-order chi connectivity index (χ0) is 4.57. The Balaban J connectivity index is 2.11. The van der Waals surface area contributed by atoms with E-state index in [0.29, 0.717) is 0 Å². The summed E-state index contributed by atoms with van der Waals surface area (Å²) < 4.78 is 5.25. The first-order chi connectivity index (χ1) is 2.79. The van der Waals surface area contributed by atoms with Crippen LogP contribution in [0.3, 0.4) is 0 Å². The Morgan fingerprint density at radius 3 is 1.67 bits per heavy atom. The van der Waals surface area contributed by atoms with Gasteiger partial charge in [0, 0.05) is 0 Å². The average molecular weight is 248 g/mol. The molecule has 0 aromatic carbocycles. The van der Waals surface area contributed by atoms with Gasteiger partial charge in [0.05, 0.1) is 0 Å². The third kappa shape index (κ3) is 1.16. The van der Waals surface area contributed by atoms with Crippen LogP contribution in [0.2, 0.25) is 5.67 Å². The van der Waals surface area contributed by atoms with Crippen molar-refractivity contribution < 1.29 is 4.12 Å². The third-order valence-electron chi connectivity index (χ3n) is 0.666. The van der Waals surface area contributed by atoms with Crippen LogP contribution in [0.1, 0.15) is 0 Å². The van der Waals surface area contributed by atoms with E-state index in [1.165, 1.54) is 5.67 Å². The molecule has 1 fully saturated rings. The summed E-state index contributed by atoms with van der Waals surface area (Å²) in [6.07, 6.45) is 0. The molecule has 0 radical (unpaired) electrons. The van der Waals surface area contributed by atoms with Crippen molar-refractivity contribution in [3.63, 3.8) is 0 Å². The molecule has 2 unspecified atom stereocenters. The van der Waals surface area contributed by atoms with E-state index in [4.69, 9.17) is 4.12 Å². The van der Waals surface area contributed by atoms with Gasteiger partial charge in [0.1, 0.15) is 0 Å². The molecule has 5 heteroatoms. The van der Waals surface area contributed by atoms with E-state index in [2.05, 4.69) is 30.6 Å². The molecular formula is CH4Br2OSi2. The molecule has 1 saturated heterocycles. The van der Waals surface area contributed by atoms with Crippen LogP contribution in [0.4, 0.5) is 0 Å². The van der Waals surface area contributed by atoms with E-state index in [1.807, 2.05) is 0 Å². The van der Waals surface area contributed by atoms with Crippen LogP contribution < -0.4 is 0 Å². The van der Waals surface area contributed by atoms with Gasteiger partial charge in [-0.2, -0.15) is 0 Å². The Morgan fingerprint density at radius 2 is 1.67 bits per heavy atom. The summed E-state index contributed by atoms with van der Waals surface area (Å²) in [5.74, 6) is 0. The first-order valence-electron chi connectivity index (χ1n) is 1.72. The molecule has 0 bridgehead atoms. The Kier molecular flexibility index (Phi) is 1.90. The largest absolute Gasteiger partial charge is 0.444 e. The zero-order valence-electron chi connectivity index (χ0n) is 3.03. The zero-order valence-corrected chi connectivity index (χ0v) is 8.51. The van der Waals surface area contributed by atoms with E-state index in [-0.39, 0.29) is 0 Å². The Labute approximate surface area is 55.7 Å². The maximum Gasteiger partial charge on any atom is 0.237 e. The first-order valence-corrected chi connectivity index (χ1v) is 10.7. The predicted octanol–water partition coefficient (Wildman–Crippen LogP) is 0.787. The third-order valence-corrected chi connectivity index (χ3v) is 16.6. The standard InChI is InChI=1S/CH4Br2OSi2/c2-5-1-6(3)4-5/h5-6H,1H2. The molecule has 0 aromatic rings. The van der Waals surface area contributed by atoms with Gasteiger partial charge in [-0.3, -0.25) is 0 Å². The number of halogens is 2. The van der Waals surface area contributed by atoms with Crippen molar-refractivity contribution >= 4 is 45.9 Å². The van der Waals surface area contributed by atoms with Crippen molar-refractivity contribution in [1.29, 1.82) is 0 Å². The molecule has 1 nitrogen and oxygen atoms in total. The fourth-order valence-electron chi connectivity index (χ4n) is 0.295. The molecule has 0 aliphatic carbocycles. The van der Waals surface area contributed by atoms with Crippen molar-refractivity contribution in [1.82, 2.24) is 0 Å². The lowest BCUT2D eigenvalue weighted by Gasteiger charge is -2.24. The summed E-state index contributed by atoms with van der Waals surface area (Å²) in [5, 5.41) is 0. The minimum atomic E-state index is -0.700. The van der Waals surface area contributed by atoms with Crippen molar-refractivity contribution in [2.24, 2.45) is 0 Å². The van der Waals surface area contributed by atoms with Crippen LogP contribution in [-0.4, -0.2) is 15.3 Å². The lowest BCUT2D eigenvalue weighted by Crippen LogP contribution is -2.35. The molecular weight excluding hydrogens is 244 g/mol. The van der Waals surface area contributed by atoms with Crippen LogP contribution in [-0.2, 0) is 4.12 Å². The molecule has 0 aromatic heterocycles. The second kappa shape index (κ2) is 2.08. The molecule has 36 valence electrons. The Morgan fingerprint density at radius 1 is 1.33 bits per heavy atom. The fraction of sp³-hybridized carbons (Fsp3) is 1.00. The molecule has 1 aliphatic rings. The van der Waals surface area contributed by atoms with E-state index in [9.17, 15) is 0 Å². The molecule has 0 saturated carbocycles. The van der Waals surface area contributed by atoms with Crippen molar-refractivity contribution in [3.05, 3.63) is 0 Å². The van der Waals surface area contributed by atoms with Gasteiger partial charge in [-0.1, -0.05) is 30.6 Å². The summed E-state index contributed by atoms with van der Waals surface area (Å²) in [6, 6.07) is 0. The predicted molar refractivity (Wildman–Crippen MR) is 38.0 cm³/mol. The topological polar surface area (TPSA) is 9.23 Å². The summed E-state index contributed by atoms with van der Waals surface area (Å²) in [4.78, 5) is 0. The quantitative estimate of drug-likeness (QED) is 0.455. The minimum Gasteiger partial charge on any atom is -0.444 e. The highest BCUT2D eigenvalue weighted by molar-refractivity contribution is 9.27. The van der Waals surface area contributed by atoms with Crippen molar-refractivity contribution in [2.75, 3.05) is 0 Å². The molecule has 1 heterocycles. The lowest BCUT2D eigenvalue weighted by atomic mass is 11.9. The van der Waals surface area contributed by atoms with Crippen LogP contribution in [0.5, 0.6) is 0 Å². The fourth-order valence-corrected chi connectivity index (χ4v) is 20.6. The van der Waals surface area contributed by atoms with E-state index >= 15 is 0 Å². The smallest absolute Gasteiger partial charge is 0.237 e. The molecule has 1 rings (SSSR count). The highest BCUT2D eigenvalue weighted by atomic mass is 79.9. The van der Waals surface area contributed by atoms with Crippen LogP contribution in [0, 0.1) is 0 Å². The van der Waals surface area contributed by atoms with Gasteiger partial charge in [0.15, 0.2) is 0 Å². The Hall–Kier alpha value is 1.35. The van der Waals surface area contributed by atoms with Crippen molar-refractivity contribution in [2.45, 2.75) is 5.67 Å². The van der Waals surface area contributed by atoms with Gasteiger partial charge < -0.3 is 4.12 Å². The molecule has 2 atom stereocenters. The Bertz CT molecular complexity index is 47.5. The molecule has 6 heavy (non-hydrogen) atoms. The van der Waals surface area contributed by atoms with Gasteiger partial charge in [0.2, 0.25) is 15.3 Å². The SMILES string of the molecule is Br[SiH]1C[SiH](Br)O1. The summed E-state index contributed by atoms with van der Waals surface area (Å²) >= 11 is 6.84. The maximum absolute atomic E-state index is 5.25. The number of hydrogen-bond donors (Lipinski definition) is 0. The van der Waals surface area contributed by atoms with Crippen LogP contribution in [0.15, 0.2) is 0 Å². The number of hydrogen-bond acceptors (Lipinski definition) is 1. The van der Waals surface area contributed by atoms with Gasteiger partial charge in [-0.25, -0.2) is 0 Å². The van der Waals surface area contributed by atoms with Gasteiger partial charge >= 0.3 is 0 Å². The minimum absolute atomic E-state index is 0.700. The second-order valence-electron chi connectivity index (χ2n) is 1.19. The first kappa shape index (κ1) is 5.49. The van der Waals surface area contributed by atoms with Crippen LogP contribution in [0.25, 0.3) is 0 Å². The van der Waals surface area contributed by atoms with E-state index in [0.717, 1.165) is 0 Å². The van der Waals surface area contributed by atoms with Crippen molar-refractivity contribution in [3.8, 4) is 0 Å². The van der Waals surface area contributed by atoms with E-state index in [1.54, 1.807) is 0 Å². The van der Waals surface area contributed by atoms with Gasteiger partial charge in [-0.05, 0) is 5.67 Å². The van der Waals surface area contributed by atoms with Gasteiger partial charge in [0.25, 0.3) is 0 Å². The molecule has 0 spiro atoms. The average Bonchev–Trinajstić information content (AvgIpc) is 1.33. The van der Waals surface area contributed by atoms with Gasteiger partial charge in [-0.15, -0.1) is 0 Å². The van der Waals surface area contributed by atoms with Crippen LogP contribution >= 0.6 is 30.6 Å². The normalized spacial score (nSPS) is 45.0.